The third-order valence-electron chi connectivity index (χ3n) is 3.07. The molecule has 1 aromatic rings. The molecule has 1 aromatic heterocycles. The van der Waals surface area contributed by atoms with Crippen molar-refractivity contribution in [3.05, 3.63) is 23.7 Å². The first-order chi connectivity index (χ1) is 6.26. The van der Waals surface area contributed by atoms with Gasteiger partial charge >= 0.3 is 0 Å². The molecule has 0 spiro atoms. The highest BCUT2D eigenvalue weighted by atomic mass is 16.3. The van der Waals surface area contributed by atoms with Crippen molar-refractivity contribution in [3.8, 4) is 0 Å². The molecule has 72 valence electrons. The molecule has 2 rings (SSSR count). The standard InChI is InChI=1S/C11H16O2/c1-11(8-12)6-3-2-4-9-5-7-13-10(9)11/h5,7,12H,2-4,6,8H2,1H3. The Hall–Kier alpha value is -0.760. The Bertz CT molecular complexity index is 290. The molecule has 0 aromatic carbocycles. The smallest absolute Gasteiger partial charge is 0.115 e. The van der Waals surface area contributed by atoms with Gasteiger partial charge in [0.05, 0.1) is 12.9 Å². The first kappa shape index (κ1) is 8.82. The maximum absolute atomic E-state index is 9.38. The van der Waals surface area contributed by atoms with E-state index in [2.05, 4.69) is 6.92 Å². The summed E-state index contributed by atoms with van der Waals surface area (Å²) in [6, 6.07) is 2.04. The summed E-state index contributed by atoms with van der Waals surface area (Å²) in [6.07, 6.45) is 6.26. The maximum atomic E-state index is 9.38. The molecule has 0 radical (unpaired) electrons. The number of aryl methyl sites for hydroxylation is 1. The van der Waals surface area contributed by atoms with E-state index in [1.54, 1.807) is 6.26 Å². The minimum absolute atomic E-state index is 0.144. The van der Waals surface area contributed by atoms with E-state index in [1.807, 2.05) is 6.07 Å². The molecule has 0 fully saturated rings. The van der Waals surface area contributed by atoms with Crippen LogP contribution in [-0.4, -0.2) is 11.7 Å². The molecule has 0 bridgehead atoms. The van der Waals surface area contributed by atoms with E-state index in [0.717, 1.165) is 18.6 Å². The SMILES string of the molecule is CC1(CO)CCCCc2ccoc21. The second-order valence-corrected chi connectivity index (χ2v) is 4.20. The van der Waals surface area contributed by atoms with Gasteiger partial charge in [0.15, 0.2) is 0 Å². The fourth-order valence-electron chi connectivity index (χ4n) is 2.16. The molecule has 1 unspecified atom stereocenters. The fraction of sp³-hybridized carbons (Fsp3) is 0.636. The van der Waals surface area contributed by atoms with Gasteiger partial charge in [-0.05, 0) is 30.9 Å². The molecule has 1 N–H and O–H groups in total. The number of fused-ring (bicyclic) bond motifs is 1. The van der Waals surface area contributed by atoms with Crippen LogP contribution in [0.25, 0.3) is 0 Å². The Morgan fingerprint density at radius 1 is 1.54 bits per heavy atom. The van der Waals surface area contributed by atoms with E-state index in [4.69, 9.17) is 4.42 Å². The van der Waals surface area contributed by atoms with Crippen LogP contribution in [0.2, 0.25) is 0 Å². The van der Waals surface area contributed by atoms with Crippen LogP contribution in [0, 0.1) is 0 Å². The Labute approximate surface area is 78.6 Å². The van der Waals surface area contributed by atoms with Gasteiger partial charge in [-0.25, -0.2) is 0 Å². The van der Waals surface area contributed by atoms with Crippen molar-refractivity contribution in [1.29, 1.82) is 0 Å². The van der Waals surface area contributed by atoms with Gasteiger partial charge in [0.2, 0.25) is 0 Å². The highest BCUT2D eigenvalue weighted by Crippen LogP contribution is 2.36. The van der Waals surface area contributed by atoms with Crippen LogP contribution >= 0.6 is 0 Å². The van der Waals surface area contributed by atoms with E-state index in [9.17, 15) is 5.11 Å². The molecule has 0 aliphatic heterocycles. The van der Waals surface area contributed by atoms with E-state index < -0.39 is 0 Å². The third-order valence-corrected chi connectivity index (χ3v) is 3.07. The molecule has 1 aliphatic rings. The van der Waals surface area contributed by atoms with E-state index in [1.165, 1.54) is 18.4 Å². The van der Waals surface area contributed by atoms with Gasteiger partial charge in [-0.2, -0.15) is 0 Å². The maximum Gasteiger partial charge on any atom is 0.115 e. The summed E-state index contributed by atoms with van der Waals surface area (Å²) in [5.41, 5.74) is 1.14. The quantitative estimate of drug-likeness (QED) is 0.672. The lowest BCUT2D eigenvalue weighted by Crippen LogP contribution is -2.26. The Kier molecular flexibility index (Phi) is 2.16. The fourth-order valence-corrected chi connectivity index (χ4v) is 2.16. The van der Waals surface area contributed by atoms with E-state index >= 15 is 0 Å². The van der Waals surface area contributed by atoms with Gasteiger partial charge in [0.25, 0.3) is 0 Å². The monoisotopic (exact) mass is 180 g/mol. The Balaban J connectivity index is 2.41. The van der Waals surface area contributed by atoms with Gasteiger partial charge < -0.3 is 9.52 Å². The zero-order chi connectivity index (χ0) is 9.31. The van der Waals surface area contributed by atoms with Crippen LogP contribution in [0.3, 0.4) is 0 Å². The molecule has 2 heteroatoms. The van der Waals surface area contributed by atoms with Crippen LogP contribution in [0.5, 0.6) is 0 Å². The highest BCUT2D eigenvalue weighted by Gasteiger charge is 2.32. The molecule has 0 saturated carbocycles. The Morgan fingerprint density at radius 3 is 3.15 bits per heavy atom. The zero-order valence-corrected chi connectivity index (χ0v) is 8.05. The minimum Gasteiger partial charge on any atom is -0.468 e. The molecule has 13 heavy (non-hydrogen) atoms. The first-order valence-electron chi connectivity index (χ1n) is 4.94. The van der Waals surface area contributed by atoms with Gasteiger partial charge in [-0.1, -0.05) is 13.3 Å². The summed E-state index contributed by atoms with van der Waals surface area (Å²) in [5.74, 6) is 1.01. The van der Waals surface area contributed by atoms with Crippen molar-refractivity contribution in [2.24, 2.45) is 0 Å². The molecule has 0 amide bonds. The van der Waals surface area contributed by atoms with Crippen LogP contribution in [0.4, 0.5) is 0 Å². The number of furan rings is 1. The summed E-state index contributed by atoms with van der Waals surface area (Å²) in [5, 5.41) is 9.38. The average Bonchev–Trinajstić information content (AvgIpc) is 2.55. The summed E-state index contributed by atoms with van der Waals surface area (Å²) < 4.78 is 5.48. The second-order valence-electron chi connectivity index (χ2n) is 4.20. The van der Waals surface area contributed by atoms with Gasteiger partial charge in [-0.15, -0.1) is 0 Å². The van der Waals surface area contributed by atoms with Crippen LogP contribution in [0.1, 0.15) is 37.5 Å². The van der Waals surface area contributed by atoms with E-state index in [-0.39, 0.29) is 12.0 Å². The summed E-state index contributed by atoms with van der Waals surface area (Å²) in [4.78, 5) is 0. The van der Waals surface area contributed by atoms with Crippen LogP contribution in [-0.2, 0) is 11.8 Å². The summed E-state index contributed by atoms with van der Waals surface area (Å²) in [7, 11) is 0. The van der Waals surface area contributed by atoms with E-state index in [0.29, 0.717) is 0 Å². The molecular formula is C11H16O2. The number of aliphatic hydroxyl groups excluding tert-OH is 1. The minimum atomic E-state index is -0.144. The Morgan fingerprint density at radius 2 is 2.38 bits per heavy atom. The van der Waals surface area contributed by atoms with Gasteiger partial charge in [0.1, 0.15) is 5.76 Å². The highest BCUT2D eigenvalue weighted by molar-refractivity contribution is 5.26. The molecule has 1 heterocycles. The predicted molar refractivity (Wildman–Crippen MR) is 50.7 cm³/mol. The number of aliphatic hydroxyl groups is 1. The van der Waals surface area contributed by atoms with Crippen molar-refractivity contribution in [3.63, 3.8) is 0 Å². The normalized spacial score (nSPS) is 28.2. The number of rotatable bonds is 1. The lowest BCUT2D eigenvalue weighted by atomic mass is 9.84. The number of hydrogen-bond donors (Lipinski definition) is 1. The molecule has 2 nitrogen and oxygen atoms in total. The topological polar surface area (TPSA) is 33.4 Å². The van der Waals surface area contributed by atoms with Crippen LogP contribution < -0.4 is 0 Å². The largest absolute Gasteiger partial charge is 0.468 e. The molecule has 1 aliphatic carbocycles. The van der Waals surface area contributed by atoms with Crippen molar-refractivity contribution in [2.45, 2.75) is 38.0 Å². The predicted octanol–water partition coefficient (Wildman–Crippen LogP) is 2.26. The molecule has 1 atom stereocenters. The second kappa shape index (κ2) is 3.18. The lowest BCUT2D eigenvalue weighted by molar-refractivity contribution is 0.174. The van der Waals surface area contributed by atoms with Crippen molar-refractivity contribution in [1.82, 2.24) is 0 Å². The summed E-state index contributed by atoms with van der Waals surface area (Å²) >= 11 is 0. The lowest BCUT2D eigenvalue weighted by Gasteiger charge is -2.23. The van der Waals surface area contributed by atoms with Crippen molar-refractivity contribution in [2.75, 3.05) is 6.61 Å². The van der Waals surface area contributed by atoms with Crippen molar-refractivity contribution < 1.29 is 9.52 Å². The summed E-state index contributed by atoms with van der Waals surface area (Å²) in [6.45, 7) is 2.27. The average molecular weight is 180 g/mol. The van der Waals surface area contributed by atoms with Gasteiger partial charge in [-0.3, -0.25) is 0 Å². The zero-order valence-electron chi connectivity index (χ0n) is 8.05. The van der Waals surface area contributed by atoms with Gasteiger partial charge in [0, 0.05) is 5.41 Å². The molecule has 0 saturated heterocycles. The molecular weight excluding hydrogens is 164 g/mol. The number of hydrogen-bond acceptors (Lipinski definition) is 2. The van der Waals surface area contributed by atoms with Crippen LogP contribution in [0.15, 0.2) is 16.7 Å². The van der Waals surface area contributed by atoms with Crippen molar-refractivity contribution >= 4 is 0 Å². The third kappa shape index (κ3) is 1.39. The first-order valence-corrected chi connectivity index (χ1v) is 4.94.